The van der Waals surface area contributed by atoms with Crippen LogP contribution in [0.2, 0.25) is 0 Å². The molecular weight excluding hydrogens is 268 g/mol. The zero-order valence-electron chi connectivity index (χ0n) is 11.0. The van der Waals surface area contributed by atoms with Gasteiger partial charge >= 0.3 is 5.97 Å². The summed E-state index contributed by atoms with van der Waals surface area (Å²) in [5.74, 6) is -1.50. The van der Waals surface area contributed by atoms with Gasteiger partial charge in [0.15, 0.2) is 5.82 Å². The van der Waals surface area contributed by atoms with Crippen LogP contribution < -0.4 is 5.32 Å². The number of aryl methyl sites for hydroxylation is 1. The van der Waals surface area contributed by atoms with Crippen LogP contribution in [0.5, 0.6) is 0 Å². The highest BCUT2D eigenvalue weighted by Gasteiger charge is 2.13. The quantitative estimate of drug-likeness (QED) is 0.874. The van der Waals surface area contributed by atoms with Crippen molar-refractivity contribution < 1.29 is 22.7 Å². The summed E-state index contributed by atoms with van der Waals surface area (Å²) in [6, 6.07) is 3.99. The van der Waals surface area contributed by atoms with Crippen molar-refractivity contribution in [2.45, 2.75) is 13.5 Å². The molecule has 1 aromatic carbocycles. The van der Waals surface area contributed by atoms with Gasteiger partial charge in [0.1, 0.15) is 23.5 Å². The second-order valence-corrected chi connectivity index (χ2v) is 4.20. The van der Waals surface area contributed by atoms with Crippen LogP contribution in [0, 0.1) is 18.6 Å². The number of esters is 1. The molecule has 0 aliphatic rings. The molecule has 0 saturated heterocycles. The third kappa shape index (κ3) is 2.79. The zero-order chi connectivity index (χ0) is 14.7. The molecule has 0 amide bonds. The third-order valence-electron chi connectivity index (χ3n) is 2.80. The van der Waals surface area contributed by atoms with E-state index in [0.29, 0.717) is 11.3 Å². The van der Waals surface area contributed by atoms with E-state index in [0.717, 1.165) is 0 Å². The van der Waals surface area contributed by atoms with Crippen LogP contribution in [0.3, 0.4) is 0 Å². The van der Waals surface area contributed by atoms with E-state index in [-0.39, 0.29) is 17.8 Å². The van der Waals surface area contributed by atoms with Crippen LogP contribution in [-0.4, -0.2) is 13.1 Å². The molecule has 4 nitrogen and oxygen atoms in total. The van der Waals surface area contributed by atoms with Crippen molar-refractivity contribution >= 4 is 11.7 Å². The van der Waals surface area contributed by atoms with Gasteiger partial charge in [0, 0.05) is 0 Å². The molecule has 2 rings (SSSR count). The van der Waals surface area contributed by atoms with Gasteiger partial charge in [-0.05, 0) is 24.6 Å². The lowest BCUT2D eigenvalue weighted by atomic mass is 10.2. The number of hydrogen-bond donors (Lipinski definition) is 1. The average Bonchev–Trinajstić information content (AvgIpc) is 2.91. The van der Waals surface area contributed by atoms with Crippen molar-refractivity contribution in [3.63, 3.8) is 0 Å². The lowest BCUT2D eigenvalue weighted by Crippen LogP contribution is -2.04. The summed E-state index contributed by atoms with van der Waals surface area (Å²) in [5.41, 5.74) is 0.360. The normalized spacial score (nSPS) is 10.4. The van der Waals surface area contributed by atoms with Gasteiger partial charge in [0.05, 0.1) is 19.2 Å². The first-order chi connectivity index (χ1) is 9.52. The number of hydrogen-bond acceptors (Lipinski definition) is 4. The molecular formula is C14H13F2NO3. The highest BCUT2D eigenvalue weighted by Crippen LogP contribution is 2.22. The molecule has 0 bridgehead atoms. The molecule has 0 unspecified atom stereocenters. The Kier molecular flexibility index (Phi) is 4.02. The standard InChI is InChI=1S/C14H13F2NO3/c1-8-3-4-11(15)13(12(8)16)17-6-10-5-9(7-20-10)14(18)19-2/h3-5,7,17H,6H2,1-2H3. The second kappa shape index (κ2) is 5.73. The van der Waals surface area contributed by atoms with Crippen LogP contribution in [0.1, 0.15) is 21.7 Å². The number of benzene rings is 1. The molecule has 0 radical (unpaired) electrons. The van der Waals surface area contributed by atoms with Crippen molar-refractivity contribution in [2.24, 2.45) is 0 Å². The molecule has 1 aromatic heterocycles. The number of carbonyl (C=O) groups excluding carboxylic acids is 1. The summed E-state index contributed by atoms with van der Waals surface area (Å²) in [6.07, 6.45) is 1.23. The Balaban J connectivity index is 2.11. The molecule has 2 aromatic rings. The Bertz CT molecular complexity index is 637. The number of methoxy groups -OCH3 is 1. The zero-order valence-corrected chi connectivity index (χ0v) is 11.0. The van der Waals surface area contributed by atoms with E-state index in [1.807, 2.05) is 0 Å². The lowest BCUT2D eigenvalue weighted by molar-refractivity contribution is 0.0600. The van der Waals surface area contributed by atoms with Gasteiger partial charge in [0.2, 0.25) is 0 Å². The van der Waals surface area contributed by atoms with E-state index in [2.05, 4.69) is 10.1 Å². The largest absolute Gasteiger partial charge is 0.467 e. The minimum Gasteiger partial charge on any atom is -0.467 e. The number of nitrogens with one attached hydrogen (secondary N) is 1. The molecule has 0 saturated carbocycles. The highest BCUT2D eigenvalue weighted by atomic mass is 19.1. The number of carbonyl (C=O) groups is 1. The maximum Gasteiger partial charge on any atom is 0.341 e. The monoisotopic (exact) mass is 281 g/mol. The van der Waals surface area contributed by atoms with E-state index in [9.17, 15) is 13.6 Å². The molecule has 0 spiro atoms. The maximum atomic E-state index is 13.7. The van der Waals surface area contributed by atoms with Crippen molar-refractivity contribution in [1.82, 2.24) is 0 Å². The van der Waals surface area contributed by atoms with Crippen LogP contribution in [0.4, 0.5) is 14.5 Å². The van der Waals surface area contributed by atoms with E-state index in [4.69, 9.17) is 4.42 Å². The average molecular weight is 281 g/mol. The predicted molar refractivity (Wildman–Crippen MR) is 68.5 cm³/mol. The predicted octanol–water partition coefficient (Wildman–Crippen LogP) is 3.26. The van der Waals surface area contributed by atoms with Gasteiger partial charge in [-0.2, -0.15) is 0 Å². The molecule has 106 valence electrons. The number of ether oxygens (including phenoxy) is 1. The Hall–Kier alpha value is -2.37. The molecule has 0 atom stereocenters. The van der Waals surface area contributed by atoms with Gasteiger partial charge in [-0.1, -0.05) is 6.07 Å². The highest BCUT2D eigenvalue weighted by molar-refractivity contribution is 5.89. The first-order valence-corrected chi connectivity index (χ1v) is 5.87. The molecule has 20 heavy (non-hydrogen) atoms. The van der Waals surface area contributed by atoms with E-state index >= 15 is 0 Å². The van der Waals surface area contributed by atoms with Gasteiger partial charge in [-0.3, -0.25) is 0 Å². The molecule has 0 aliphatic carbocycles. The molecule has 1 heterocycles. The molecule has 6 heteroatoms. The van der Waals surface area contributed by atoms with Gasteiger partial charge in [-0.25, -0.2) is 13.6 Å². The van der Waals surface area contributed by atoms with Crippen LogP contribution in [0.25, 0.3) is 0 Å². The lowest BCUT2D eigenvalue weighted by Gasteiger charge is -2.08. The van der Waals surface area contributed by atoms with Gasteiger partial charge in [0.25, 0.3) is 0 Å². The van der Waals surface area contributed by atoms with Crippen molar-refractivity contribution in [1.29, 1.82) is 0 Å². The Labute approximate surface area is 114 Å². The fourth-order valence-electron chi connectivity index (χ4n) is 1.69. The third-order valence-corrected chi connectivity index (χ3v) is 2.80. The smallest absolute Gasteiger partial charge is 0.341 e. The molecule has 1 N–H and O–H groups in total. The van der Waals surface area contributed by atoms with Crippen molar-refractivity contribution in [3.05, 3.63) is 53.0 Å². The van der Waals surface area contributed by atoms with E-state index < -0.39 is 17.6 Å². The van der Waals surface area contributed by atoms with Crippen molar-refractivity contribution in [3.8, 4) is 0 Å². The Morgan fingerprint density at radius 1 is 1.40 bits per heavy atom. The number of halogens is 2. The van der Waals surface area contributed by atoms with Gasteiger partial charge < -0.3 is 14.5 Å². The maximum absolute atomic E-state index is 13.7. The van der Waals surface area contributed by atoms with Crippen LogP contribution in [0.15, 0.2) is 28.9 Å². The van der Waals surface area contributed by atoms with E-state index in [1.54, 1.807) is 6.92 Å². The fourth-order valence-corrected chi connectivity index (χ4v) is 1.69. The minimum absolute atomic E-state index is 0.0499. The summed E-state index contributed by atoms with van der Waals surface area (Å²) in [5, 5.41) is 2.61. The summed E-state index contributed by atoms with van der Waals surface area (Å²) < 4.78 is 36.9. The summed E-state index contributed by atoms with van der Waals surface area (Å²) in [7, 11) is 1.25. The Morgan fingerprint density at radius 2 is 2.15 bits per heavy atom. The number of rotatable bonds is 4. The summed E-state index contributed by atoms with van der Waals surface area (Å²) in [4.78, 5) is 11.2. The first-order valence-electron chi connectivity index (χ1n) is 5.87. The van der Waals surface area contributed by atoms with Crippen molar-refractivity contribution in [2.75, 3.05) is 12.4 Å². The molecule has 0 aliphatic heterocycles. The van der Waals surface area contributed by atoms with E-state index in [1.165, 1.54) is 31.6 Å². The molecule has 0 fully saturated rings. The second-order valence-electron chi connectivity index (χ2n) is 4.20. The topological polar surface area (TPSA) is 51.5 Å². The first kappa shape index (κ1) is 14.0. The SMILES string of the molecule is COC(=O)c1coc(CNc2c(F)ccc(C)c2F)c1. The summed E-state index contributed by atoms with van der Waals surface area (Å²) >= 11 is 0. The Morgan fingerprint density at radius 3 is 2.85 bits per heavy atom. The van der Waals surface area contributed by atoms with Crippen LogP contribution in [-0.2, 0) is 11.3 Å². The number of anilines is 1. The summed E-state index contributed by atoms with van der Waals surface area (Å²) in [6.45, 7) is 1.59. The fraction of sp³-hybridized carbons (Fsp3) is 0.214. The van der Waals surface area contributed by atoms with Crippen LogP contribution >= 0.6 is 0 Å². The van der Waals surface area contributed by atoms with Gasteiger partial charge in [-0.15, -0.1) is 0 Å². The minimum atomic E-state index is -0.687. The number of furan rings is 1.